The molecule has 3 aromatic rings. The Hall–Kier alpha value is -3.85. The zero-order chi connectivity index (χ0) is 28.6. The Kier molecular flexibility index (Phi) is 10.1. The molecule has 8 nitrogen and oxygen atoms in total. The van der Waals surface area contributed by atoms with Crippen molar-refractivity contribution < 1.29 is 22.7 Å². The SMILES string of the molecule is CC[C@@H](C)NC(=O)[C@@H](C)N(Cc1ccccc1C)C(=O)CN(c1ccccc1OC)S(=O)(=O)c1ccccc1. The van der Waals surface area contributed by atoms with Crippen molar-refractivity contribution in [3.05, 3.63) is 90.0 Å². The fourth-order valence-corrected chi connectivity index (χ4v) is 5.53. The number of benzene rings is 3. The van der Waals surface area contributed by atoms with Gasteiger partial charge in [0.15, 0.2) is 0 Å². The molecule has 0 aliphatic heterocycles. The summed E-state index contributed by atoms with van der Waals surface area (Å²) in [5, 5.41) is 2.94. The summed E-state index contributed by atoms with van der Waals surface area (Å²) in [6.07, 6.45) is 0.737. The number of aryl methyl sites for hydroxylation is 1. The van der Waals surface area contributed by atoms with Gasteiger partial charge in [-0.15, -0.1) is 0 Å². The van der Waals surface area contributed by atoms with Gasteiger partial charge in [-0.05, 0) is 62.6 Å². The standard InChI is InChI=1S/C30H37N3O5S/c1-6-23(3)31-30(35)24(4)32(20-25-15-11-10-14-22(25)2)29(34)21-33(27-18-12-13-19-28(27)38-5)39(36,37)26-16-8-7-9-17-26/h7-19,23-24H,6,20-21H2,1-5H3,(H,31,35)/t23-,24-/m1/s1. The van der Waals surface area contributed by atoms with Gasteiger partial charge in [-0.1, -0.05) is 61.5 Å². The minimum Gasteiger partial charge on any atom is -0.495 e. The van der Waals surface area contributed by atoms with E-state index < -0.39 is 28.5 Å². The Labute approximate surface area is 231 Å². The van der Waals surface area contributed by atoms with Crippen LogP contribution in [0.4, 0.5) is 5.69 Å². The fraction of sp³-hybridized carbons (Fsp3) is 0.333. The van der Waals surface area contributed by atoms with Gasteiger partial charge in [0.05, 0.1) is 17.7 Å². The van der Waals surface area contributed by atoms with Gasteiger partial charge in [-0.25, -0.2) is 8.42 Å². The average Bonchev–Trinajstić information content (AvgIpc) is 2.95. The van der Waals surface area contributed by atoms with Crippen molar-refractivity contribution >= 4 is 27.5 Å². The largest absolute Gasteiger partial charge is 0.495 e. The van der Waals surface area contributed by atoms with E-state index in [1.54, 1.807) is 49.4 Å². The lowest BCUT2D eigenvalue weighted by atomic mass is 10.1. The molecule has 0 saturated heterocycles. The number of hydrogen-bond acceptors (Lipinski definition) is 5. The van der Waals surface area contributed by atoms with E-state index in [0.717, 1.165) is 21.9 Å². The van der Waals surface area contributed by atoms with Crippen LogP contribution in [0.15, 0.2) is 83.8 Å². The van der Waals surface area contributed by atoms with Crippen molar-refractivity contribution in [1.29, 1.82) is 0 Å². The fourth-order valence-electron chi connectivity index (χ4n) is 4.09. The third kappa shape index (κ3) is 7.17. The summed E-state index contributed by atoms with van der Waals surface area (Å²) < 4.78 is 34.3. The minimum atomic E-state index is -4.16. The summed E-state index contributed by atoms with van der Waals surface area (Å²) in [5.74, 6) is -0.519. The van der Waals surface area contributed by atoms with Crippen LogP contribution in [0.2, 0.25) is 0 Å². The predicted octanol–water partition coefficient (Wildman–Crippen LogP) is 4.53. The molecular weight excluding hydrogens is 514 g/mol. The third-order valence-corrected chi connectivity index (χ3v) is 8.51. The van der Waals surface area contributed by atoms with Crippen molar-refractivity contribution in [1.82, 2.24) is 10.2 Å². The van der Waals surface area contributed by atoms with E-state index in [1.807, 2.05) is 45.0 Å². The maximum atomic E-state index is 14.0. The highest BCUT2D eigenvalue weighted by atomic mass is 32.2. The molecule has 1 N–H and O–H groups in total. The lowest BCUT2D eigenvalue weighted by Crippen LogP contribution is -2.52. The molecule has 0 bridgehead atoms. The van der Waals surface area contributed by atoms with E-state index >= 15 is 0 Å². The molecule has 0 aliphatic rings. The van der Waals surface area contributed by atoms with E-state index in [0.29, 0.717) is 5.75 Å². The first-order valence-electron chi connectivity index (χ1n) is 12.9. The molecule has 0 fully saturated rings. The Morgan fingerprint density at radius 2 is 1.54 bits per heavy atom. The molecule has 3 rings (SSSR count). The van der Waals surface area contributed by atoms with Crippen LogP contribution in [0.1, 0.15) is 38.3 Å². The van der Waals surface area contributed by atoms with Crippen LogP contribution in [0, 0.1) is 6.92 Å². The lowest BCUT2D eigenvalue weighted by molar-refractivity contribution is -0.139. The van der Waals surface area contributed by atoms with Gasteiger partial charge in [-0.2, -0.15) is 0 Å². The zero-order valence-corrected chi connectivity index (χ0v) is 23.9. The maximum Gasteiger partial charge on any atom is 0.264 e. The topological polar surface area (TPSA) is 96.0 Å². The van der Waals surface area contributed by atoms with Crippen molar-refractivity contribution in [3.63, 3.8) is 0 Å². The number of para-hydroxylation sites is 2. The van der Waals surface area contributed by atoms with E-state index in [4.69, 9.17) is 4.74 Å². The van der Waals surface area contributed by atoms with Crippen LogP contribution in [0.25, 0.3) is 0 Å². The highest BCUT2D eigenvalue weighted by molar-refractivity contribution is 7.92. The predicted molar refractivity (Wildman–Crippen MR) is 153 cm³/mol. The molecule has 39 heavy (non-hydrogen) atoms. The number of nitrogens with one attached hydrogen (secondary N) is 1. The number of methoxy groups -OCH3 is 1. The quantitative estimate of drug-likeness (QED) is 0.357. The third-order valence-electron chi connectivity index (χ3n) is 6.73. The Morgan fingerprint density at radius 3 is 2.18 bits per heavy atom. The maximum absolute atomic E-state index is 14.0. The monoisotopic (exact) mass is 551 g/mol. The normalized spacial score (nSPS) is 12.7. The van der Waals surface area contributed by atoms with Gasteiger partial charge in [0.1, 0.15) is 18.3 Å². The van der Waals surface area contributed by atoms with E-state index in [1.165, 1.54) is 24.1 Å². The van der Waals surface area contributed by atoms with Crippen molar-refractivity contribution in [2.45, 2.75) is 57.6 Å². The van der Waals surface area contributed by atoms with Gasteiger partial charge in [0, 0.05) is 12.6 Å². The Balaban J connectivity index is 2.06. The molecule has 2 atom stereocenters. The molecular formula is C30H37N3O5S. The van der Waals surface area contributed by atoms with Gasteiger partial charge in [0.25, 0.3) is 10.0 Å². The summed E-state index contributed by atoms with van der Waals surface area (Å²) in [4.78, 5) is 28.6. The molecule has 0 unspecified atom stereocenters. The van der Waals surface area contributed by atoms with Crippen LogP contribution in [0.3, 0.4) is 0 Å². The van der Waals surface area contributed by atoms with Crippen LogP contribution in [-0.4, -0.2) is 50.9 Å². The number of anilines is 1. The minimum absolute atomic E-state index is 0.0386. The van der Waals surface area contributed by atoms with E-state index in [-0.39, 0.29) is 29.1 Å². The molecule has 0 aliphatic carbocycles. The van der Waals surface area contributed by atoms with Crippen LogP contribution in [-0.2, 0) is 26.2 Å². The second-order valence-electron chi connectivity index (χ2n) is 9.44. The van der Waals surface area contributed by atoms with Crippen LogP contribution < -0.4 is 14.4 Å². The molecule has 0 spiro atoms. The number of ether oxygens (including phenoxy) is 1. The highest BCUT2D eigenvalue weighted by Crippen LogP contribution is 2.32. The van der Waals surface area contributed by atoms with Crippen LogP contribution >= 0.6 is 0 Å². The smallest absolute Gasteiger partial charge is 0.264 e. The first-order chi connectivity index (χ1) is 18.6. The lowest BCUT2D eigenvalue weighted by Gasteiger charge is -2.33. The number of rotatable bonds is 12. The molecule has 208 valence electrons. The summed E-state index contributed by atoms with van der Waals surface area (Å²) in [6.45, 7) is 7.07. The molecule has 0 aromatic heterocycles. The van der Waals surface area contributed by atoms with E-state index in [2.05, 4.69) is 5.32 Å². The molecule has 0 heterocycles. The van der Waals surface area contributed by atoms with Gasteiger partial charge in [-0.3, -0.25) is 13.9 Å². The first kappa shape index (κ1) is 29.7. The molecule has 2 amide bonds. The highest BCUT2D eigenvalue weighted by Gasteiger charge is 2.34. The van der Waals surface area contributed by atoms with Crippen molar-refractivity contribution in [2.24, 2.45) is 0 Å². The van der Waals surface area contributed by atoms with E-state index in [9.17, 15) is 18.0 Å². The Morgan fingerprint density at radius 1 is 0.923 bits per heavy atom. The zero-order valence-electron chi connectivity index (χ0n) is 23.1. The van der Waals surface area contributed by atoms with Gasteiger partial charge < -0.3 is 15.0 Å². The summed E-state index contributed by atoms with van der Waals surface area (Å²) in [7, 11) is -2.72. The Bertz CT molecular complexity index is 1380. The first-order valence-corrected chi connectivity index (χ1v) is 14.4. The second-order valence-corrected chi connectivity index (χ2v) is 11.3. The number of carbonyl (C=O) groups is 2. The summed E-state index contributed by atoms with van der Waals surface area (Å²) >= 11 is 0. The number of carbonyl (C=O) groups excluding carboxylic acids is 2. The molecule has 0 saturated carbocycles. The molecule has 3 aromatic carbocycles. The summed E-state index contributed by atoms with van der Waals surface area (Å²) in [5.41, 5.74) is 2.05. The summed E-state index contributed by atoms with van der Waals surface area (Å²) in [6, 6.07) is 21.3. The number of nitrogens with zero attached hydrogens (tertiary/aromatic N) is 2. The number of amides is 2. The van der Waals surface area contributed by atoms with Crippen LogP contribution in [0.5, 0.6) is 5.75 Å². The van der Waals surface area contributed by atoms with Gasteiger partial charge >= 0.3 is 0 Å². The number of sulfonamides is 1. The van der Waals surface area contributed by atoms with Crippen molar-refractivity contribution in [2.75, 3.05) is 18.0 Å². The average molecular weight is 552 g/mol. The van der Waals surface area contributed by atoms with Crippen molar-refractivity contribution in [3.8, 4) is 5.75 Å². The molecule has 0 radical (unpaired) electrons. The molecule has 9 heteroatoms. The van der Waals surface area contributed by atoms with Gasteiger partial charge in [0.2, 0.25) is 11.8 Å². The number of hydrogen-bond donors (Lipinski definition) is 1. The second kappa shape index (κ2) is 13.3.